The van der Waals surface area contributed by atoms with Gasteiger partial charge >= 0.3 is 0 Å². The number of pyridine rings is 1. The van der Waals surface area contributed by atoms with E-state index in [0.717, 1.165) is 36.4 Å². The van der Waals surface area contributed by atoms with Crippen LogP contribution in [0, 0.1) is 0 Å². The maximum absolute atomic E-state index is 12.5. The number of carbonyl (C=O) groups excluding carboxylic acids is 1. The highest BCUT2D eigenvalue weighted by molar-refractivity contribution is 5.77. The number of hydrogen-bond donors (Lipinski definition) is 0. The predicted octanol–water partition coefficient (Wildman–Crippen LogP) is 2.65. The molecule has 134 valence electrons. The molecule has 4 rings (SSSR count). The second-order valence-corrected chi connectivity index (χ2v) is 6.64. The number of likely N-dealkylation sites (tertiary alicyclic amines) is 1. The van der Waals surface area contributed by atoms with Gasteiger partial charge in [0.25, 0.3) is 0 Å². The fourth-order valence-electron chi connectivity index (χ4n) is 3.47. The van der Waals surface area contributed by atoms with Crippen molar-refractivity contribution in [3.8, 4) is 0 Å². The minimum atomic E-state index is 0.0412. The monoisotopic (exact) mass is 350 g/mol. The Morgan fingerprint density at radius 1 is 1.12 bits per heavy atom. The number of piperidine rings is 1. The molecule has 1 aromatic carbocycles. The zero-order chi connectivity index (χ0) is 17.8. The van der Waals surface area contributed by atoms with E-state index < -0.39 is 0 Å². The highest BCUT2D eigenvalue weighted by Crippen LogP contribution is 2.26. The van der Waals surface area contributed by atoms with Gasteiger partial charge in [-0.15, -0.1) is 10.2 Å². The fraction of sp³-hybridized carbons (Fsp3) is 0.350. The molecule has 26 heavy (non-hydrogen) atoms. The summed E-state index contributed by atoms with van der Waals surface area (Å²) < 4.78 is 7.62. The molecule has 1 aliphatic rings. The lowest BCUT2D eigenvalue weighted by Gasteiger charge is -2.32. The van der Waals surface area contributed by atoms with Crippen LogP contribution in [0.25, 0.3) is 5.65 Å². The van der Waals surface area contributed by atoms with Gasteiger partial charge in [-0.25, -0.2) is 0 Å². The maximum Gasteiger partial charge on any atom is 0.248 e. The van der Waals surface area contributed by atoms with Crippen molar-refractivity contribution in [3.05, 3.63) is 66.1 Å². The summed E-state index contributed by atoms with van der Waals surface area (Å²) in [6.45, 7) is 2.02. The zero-order valence-electron chi connectivity index (χ0n) is 14.6. The van der Waals surface area contributed by atoms with E-state index in [4.69, 9.17) is 4.74 Å². The first-order valence-corrected chi connectivity index (χ1v) is 9.00. The SMILES string of the molecule is O=C(COCc1ccccc1)N1CCCC(c2nnc3ccccn23)C1. The van der Waals surface area contributed by atoms with Crippen LogP contribution < -0.4 is 0 Å². The summed E-state index contributed by atoms with van der Waals surface area (Å²) in [6.07, 6.45) is 3.97. The summed E-state index contributed by atoms with van der Waals surface area (Å²) in [5.41, 5.74) is 1.92. The summed E-state index contributed by atoms with van der Waals surface area (Å²) in [5.74, 6) is 1.18. The van der Waals surface area contributed by atoms with Crippen molar-refractivity contribution in [3.63, 3.8) is 0 Å². The van der Waals surface area contributed by atoms with Crippen LogP contribution >= 0.6 is 0 Å². The van der Waals surface area contributed by atoms with Gasteiger partial charge in [0.15, 0.2) is 5.65 Å². The van der Waals surface area contributed by atoms with Crippen LogP contribution in [0.5, 0.6) is 0 Å². The predicted molar refractivity (Wildman–Crippen MR) is 97.6 cm³/mol. The molecule has 1 aliphatic heterocycles. The molecule has 0 radical (unpaired) electrons. The van der Waals surface area contributed by atoms with Crippen LogP contribution in [-0.2, 0) is 16.1 Å². The number of ether oxygens (including phenoxy) is 1. The lowest BCUT2D eigenvalue weighted by molar-refractivity contribution is -0.137. The van der Waals surface area contributed by atoms with Crippen LogP contribution in [0.2, 0.25) is 0 Å². The molecule has 0 aliphatic carbocycles. The first-order valence-electron chi connectivity index (χ1n) is 9.00. The Balaban J connectivity index is 1.36. The maximum atomic E-state index is 12.5. The van der Waals surface area contributed by atoms with Crippen molar-refractivity contribution in [2.45, 2.75) is 25.4 Å². The molecule has 3 aromatic rings. The Bertz CT molecular complexity index is 878. The molecule has 1 amide bonds. The van der Waals surface area contributed by atoms with E-state index in [9.17, 15) is 4.79 Å². The number of amides is 1. The number of hydrogen-bond acceptors (Lipinski definition) is 4. The van der Waals surface area contributed by atoms with E-state index in [-0.39, 0.29) is 18.4 Å². The Kier molecular flexibility index (Phi) is 4.93. The van der Waals surface area contributed by atoms with Gasteiger partial charge in [-0.3, -0.25) is 9.20 Å². The quantitative estimate of drug-likeness (QED) is 0.710. The van der Waals surface area contributed by atoms with Crippen LogP contribution in [0.3, 0.4) is 0 Å². The van der Waals surface area contributed by atoms with E-state index in [1.807, 2.05) is 64.0 Å². The highest BCUT2D eigenvalue weighted by atomic mass is 16.5. The van der Waals surface area contributed by atoms with Crippen LogP contribution in [-0.4, -0.2) is 45.1 Å². The number of nitrogens with zero attached hydrogens (tertiary/aromatic N) is 4. The van der Waals surface area contributed by atoms with E-state index in [0.29, 0.717) is 13.2 Å². The molecule has 3 heterocycles. The summed E-state index contributed by atoms with van der Waals surface area (Å²) in [4.78, 5) is 14.4. The Hall–Kier alpha value is -2.73. The molecule has 1 unspecified atom stereocenters. The van der Waals surface area contributed by atoms with Gasteiger partial charge in [-0.1, -0.05) is 36.4 Å². The fourth-order valence-corrected chi connectivity index (χ4v) is 3.47. The van der Waals surface area contributed by atoms with Crippen LogP contribution in [0.1, 0.15) is 30.1 Å². The topological polar surface area (TPSA) is 59.7 Å². The third-order valence-corrected chi connectivity index (χ3v) is 4.82. The van der Waals surface area contributed by atoms with Gasteiger partial charge in [-0.2, -0.15) is 0 Å². The molecule has 1 atom stereocenters. The average Bonchev–Trinajstić information content (AvgIpc) is 3.13. The molecular weight excluding hydrogens is 328 g/mol. The number of aromatic nitrogens is 3. The van der Waals surface area contributed by atoms with E-state index >= 15 is 0 Å². The summed E-state index contributed by atoms with van der Waals surface area (Å²) in [5, 5.41) is 8.59. The van der Waals surface area contributed by atoms with E-state index in [1.54, 1.807) is 0 Å². The van der Waals surface area contributed by atoms with Gasteiger partial charge in [0, 0.05) is 25.2 Å². The molecule has 1 saturated heterocycles. The molecule has 6 nitrogen and oxygen atoms in total. The minimum absolute atomic E-state index is 0.0412. The lowest BCUT2D eigenvalue weighted by atomic mass is 9.97. The molecule has 0 saturated carbocycles. The smallest absolute Gasteiger partial charge is 0.248 e. The number of carbonyl (C=O) groups is 1. The normalized spacial score (nSPS) is 17.5. The Morgan fingerprint density at radius 2 is 1.96 bits per heavy atom. The molecule has 0 spiro atoms. The lowest BCUT2D eigenvalue weighted by Crippen LogP contribution is -2.41. The minimum Gasteiger partial charge on any atom is -0.367 e. The molecule has 6 heteroatoms. The molecule has 1 fully saturated rings. The van der Waals surface area contributed by atoms with Gasteiger partial charge in [-0.05, 0) is 30.5 Å². The Morgan fingerprint density at radius 3 is 2.85 bits per heavy atom. The van der Waals surface area contributed by atoms with Gasteiger partial charge in [0.1, 0.15) is 12.4 Å². The molecule has 0 bridgehead atoms. The molecule has 0 N–H and O–H groups in total. The molecular formula is C20H22N4O2. The highest BCUT2D eigenvalue weighted by Gasteiger charge is 2.27. The van der Waals surface area contributed by atoms with Crippen molar-refractivity contribution in [1.82, 2.24) is 19.5 Å². The second kappa shape index (κ2) is 7.66. The van der Waals surface area contributed by atoms with E-state index in [2.05, 4.69) is 10.2 Å². The zero-order valence-corrected chi connectivity index (χ0v) is 14.6. The number of rotatable bonds is 5. The number of benzene rings is 1. The number of fused-ring (bicyclic) bond motifs is 1. The van der Waals surface area contributed by atoms with Crippen molar-refractivity contribution in [2.24, 2.45) is 0 Å². The van der Waals surface area contributed by atoms with Gasteiger partial charge in [0.05, 0.1) is 6.61 Å². The third kappa shape index (κ3) is 3.60. The van der Waals surface area contributed by atoms with Gasteiger partial charge in [0.2, 0.25) is 5.91 Å². The molecule has 2 aromatic heterocycles. The van der Waals surface area contributed by atoms with E-state index in [1.165, 1.54) is 0 Å². The Labute approximate surface area is 152 Å². The van der Waals surface area contributed by atoms with Crippen molar-refractivity contribution >= 4 is 11.6 Å². The van der Waals surface area contributed by atoms with Crippen LogP contribution in [0.4, 0.5) is 0 Å². The first-order chi connectivity index (χ1) is 12.8. The van der Waals surface area contributed by atoms with Crippen molar-refractivity contribution < 1.29 is 9.53 Å². The average molecular weight is 350 g/mol. The summed E-state index contributed by atoms with van der Waals surface area (Å²) in [7, 11) is 0. The summed E-state index contributed by atoms with van der Waals surface area (Å²) in [6, 6.07) is 15.8. The van der Waals surface area contributed by atoms with Crippen molar-refractivity contribution in [2.75, 3.05) is 19.7 Å². The largest absolute Gasteiger partial charge is 0.367 e. The second-order valence-electron chi connectivity index (χ2n) is 6.64. The van der Waals surface area contributed by atoms with Crippen LogP contribution in [0.15, 0.2) is 54.7 Å². The first kappa shape index (κ1) is 16.7. The summed E-state index contributed by atoms with van der Waals surface area (Å²) >= 11 is 0. The standard InChI is InChI=1S/C20H22N4O2/c25-19(15-26-14-16-7-2-1-3-8-16)23-11-6-9-17(13-23)20-22-21-18-10-4-5-12-24(18)20/h1-5,7-8,10,12,17H,6,9,11,13-15H2. The van der Waals surface area contributed by atoms with Gasteiger partial charge < -0.3 is 9.64 Å². The third-order valence-electron chi connectivity index (χ3n) is 4.82. The van der Waals surface area contributed by atoms with Crippen molar-refractivity contribution in [1.29, 1.82) is 0 Å².